The number of halogens is 4. The summed E-state index contributed by atoms with van der Waals surface area (Å²) in [6.45, 7) is 3.37. The molecule has 0 saturated carbocycles. The smallest absolute Gasteiger partial charge is 0.361 e. The number of nitrogens with two attached hydrogens (primary N) is 1. The fraction of sp³-hybridized carbons (Fsp3) is 0.353. The lowest BCUT2D eigenvalue weighted by molar-refractivity contribution is -0.144. The van der Waals surface area contributed by atoms with Crippen LogP contribution in [0, 0.1) is 0 Å². The van der Waals surface area contributed by atoms with Crippen LogP contribution >= 0.6 is 11.6 Å². The van der Waals surface area contributed by atoms with Gasteiger partial charge in [0.15, 0.2) is 0 Å². The van der Waals surface area contributed by atoms with Gasteiger partial charge in [-0.15, -0.1) is 0 Å². The molecule has 0 aromatic carbocycles. The number of carbonyl (C=O) groups excluding carboxylic acids is 2. The Labute approximate surface area is 154 Å². The zero-order valence-corrected chi connectivity index (χ0v) is 15.1. The first-order chi connectivity index (χ1) is 12.1. The summed E-state index contributed by atoms with van der Waals surface area (Å²) in [7, 11) is 0. The highest BCUT2D eigenvalue weighted by molar-refractivity contribution is 6.34. The minimum Gasteiger partial charge on any atom is -0.361 e. The molecule has 0 radical (unpaired) electrons. The molecule has 0 bridgehead atoms. The summed E-state index contributed by atoms with van der Waals surface area (Å²) in [6, 6.07) is 2.00. The molecule has 1 heterocycles. The number of primary amides is 1. The number of rotatable bonds is 6. The molecular weight excluding hydrogens is 371 g/mol. The Morgan fingerprint density at radius 2 is 2.00 bits per heavy atom. The largest absolute Gasteiger partial charge is 0.417 e. The van der Waals surface area contributed by atoms with Crippen molar-refractivity contribution in [1.82, 2.24) is 9.88 Å². The van der Waals surface area contributed by atoms with Crippen molar-refractivity contribution >= 4 is 23.4 Å². The van der Waals surface area contributed by atoms with E-state index in [-0.39, 0.29) is 18.8 Å². The predicted octanol–water partition coefficient (Wildman–Crippen LogP) is 3.39. The molecule has 0 aliphatic rings. The molecule has 2 amide bonds. The number of hydrogen-bond donors (Lipinski definition) is 1. The first-order valence-electron chi connectivity index (χ1n) is 7.71. The van der Waals surface area contributed by atoms with Crippen LogP contribution in [-0.4, -0.2) is 28.2 Å². The Morgan fingerprint density at radius 3 is 2.42 bits per heavy atom. The topological polar surface area (TPSA) is 76.3 Å². The molecule has 1 aromatic heterocycles. The number of pyridine rings is 1. The summed E-state index contributed by atoms with van der Waals surface area (Å²) in [6.07, 6.45) is 0.0804. The number of amides is 2. The maximum Gasteiger partial charge on any atom is 0.417 e. The van der Waals surface area contributed by atoms with E-state index >= 15 is 0 Å². The van der Waals surface area contributed by atoms with Gasteiger partial charge in [-0.1, -0.05) is 30.7 Å². The SMILES string of the molecule is C/C=C\C(CN(Cc1ccc(C(F)(F)F)cn1)C(=O)C(N)=O)=C(\Cl)CC. The van der Waals surface area contributed by atoms with Gasteiger partial charge in [0.25, 0.3) is 0 Å². The predicted molar refractivity (Wildman–Crippen MR) is 91.8 cm³/mol. The van der Waals surface area contributed by atoms with Crippen LogP contribution < -0.4 is 5.73 Å². The van der Waals surface area contributed by atoms with Gasteiger partial charge in [0, 0.05) is 17.8 Å². The molecule has 0 aliphatic carbocycles. The summed E-state index contributed by atoms with van der Waals surface area (Å²) >= 11 is 6.15. The zero-order valence-electron chi connectivity index (χ0n) is 14.3. The van der Waals surface area contributed by atoms with Crippen LogP contribution in [0.15, 0.2) is 41.1 Å². The molecule has 0 fully saturated rings. The number of carbonyl (C=O) groups is 2. The molecule has 0 spiro atoms. The van der Waals surface area contributed by atoms with Gasteiger partial charge in [0.05, 0.1) is 17.8 Å². The molecule has 0 unspecified atom stereocenters. The third-order valence-electron chi connectivity index (χ3n) is 3.39. The Balaban J connectivity index is 3.12. The van der Waals surface area contributed by atoms with Crippen molar-refractivity contribution in [3.63, 3.8) is 0 Å². The van der Waals surface area contributed by atoms with E-state index in [1.54, 1.807) is 19.1 Å². The van der Waals surface area contributed by atoms with Crippen LogP contribution in [0.2, 0.25) is 0 Å². The fourth-order valence-corrected chi connectivity index (χ4v) is 2.22. The van der Waals surface area contributed by atoms with Crippen molar-refractivity contribution in [1.29, 1.82) is 0 Å². The van der Waals surface area contributed by atoms with Crippen LogP contribution in [-0.2, 0) is 22.3 Å². The monoisotopic (exact) mass is 389 g/mol. The normalized spacial score (nSPS) is 12.8. The first-order valence-corrected chi connectivity index (χ1v) is 8.09. The second kappa shape index (κ2) is 9.38. The molecule has 142 valence electrons. The fourth-order valence-electron chi connectivity index (χ4n) is 2.10. The van der Waals surface area contributed by atoms with Crippen molar-refractivity contribution < 1.29 is 22.8 Å². The van der Waals surface area contributed by atoms with E-state index in [4.69, 9.17) is 17.3 Å². The minimum atomic E-state index is -4.51. The van der Waals surface area contributed by atoms with Crippen LogP contribution in [0.5, 0.6) is 0 Å². The van der Waals surface area contributed by atoms with E-state index < -0.39 is 23.6 Å². The molecule has 0 atom stereocenters. The third-order valence-corrected chi connectivity index (χ3v) is 3.90. The first kappa shape index (κ1) is 21.7. The summed E-state index contributed by atoms with van der Waals surface area (Å²) in [5, 5.41) is 0.491. The lowest BCUT2D eigenvalue weighted by atomic mass is 10.1. The van der Waals surface area contributed by atoms with Gasteiger partial charge in [-0.3, -0.25) is 14.6 Å². The van der Waals surface area contributed by atoms with Crippen LogP contribution in [0.25, 0.3) is 0 Å². The Bertz CT molecular complexity index is 713. The highest BCUT2D eigenvalue weighted by Gasteiger charge is 2.31. The summed E-state index contributed by atoms with van der Waals surface area (Å²) in [5.41, 5.74) is 4.93. The maximum atomic E-state index is 12.6. The lowest BCUT2D eigenvalue weighted by Crippen LogP contribution is -2.41. The van der Waals surface area contributed by atoms with E-state index in [1.165, 1.54) is 0 Å². The number of hydrogen-bond acceptors (Lipinski definition) is 3. The van der Waals surface area contributed by atoms with Crippen molar-refractivity contribution in [2.45, 2.75) is 33.0 Å². The number of nitrogens with zero attached hydrogens (tertiary/aromatic N) is 2. The average Bonchev–Trinajstić information content (AvgIpc) is 2.58. The quantitative estimate of drug-likeness (QED) is 0.598. The highest BCUT2D eigenvalue weighted by atomic mass is 35.5. The molecule has 0 aliphatic heterocycles. The highest BCUT2D eigenvalue weighted by Crippen LogP contribution is 2.28. The summed E-state index contributed by atoms with van der Waals surface area (Å²) < 4.78 is 37.8. The van der Waals surface area contributed by atoms with Gasteiger partial charge < -0.3 is 10.6 Å². The molecule has 0 saturated heterocycles. The summed E-state index contributed by atoms with van der Waals surface area (Å²) in [4.78, 5) is 28.2. The molecular formula is C17H19ClF3N3O2. The molecule has 5 nitrogen and oxygen atoms in total. The Morgan fingerprint density at radius 1 is 1.35 bits per heavy atom. The summed E-state index contributed by atoms with van der Waals surface area (Å²) in [5.74, 6) is -2.15. The number of aromatic nitrogens is 1. The van der Waals surface area contributed by atoms with Crippen molar-refractivity contribution in [3.8, 4) is 0 Å². The van der Waals surface area contributed by atoms with E-state index in [9.17, 15) is 22.8 Å². The van der Waals surface area contributed by atoms with Crippen LogP contribution in [0.4, 0.5) is 13.2 Å². The van der Waals surface area contributed by atoms with Gasteiger partial charge in [-0.25, -0.2) is 0 Å². The van der Waals surface area contributed by atoms with Gasteiger partial charge in [0.2, 0.25) is 0 Å². The molecule has 2 N–H and O–H groups in total. The van der Waals surface area contributed by atoms with E-state index in [2.05, 4.69) is 4.98 Å². The van der Waals surface area contributed by atoms with E-state index in [0.717, 1.165) is 17.0 Å². The molecule has 1 rings (SSSR count). The third kappa shape index (κ3) is 6.18. The minimum absolute atomic E-state index is 0.0263. The lowest BCUT2D eigenvalue weighted by Gasteiger charge is -2.22. The second-order valence-electron chi connectivity index (χ2n) is 5.35. The van der Waals surface area contributed by atoms with Crippen molar-refractivity contribution in [3.05, 3.63) is 52.3 Å². The van der Waals surface area contributed by atoms with Gasteiger partial charge in [-0.05, 0) is 31.1 Å². The number of allylic oxidation sites excluding steroid dienone is 2. The molecule has 9 heteroatoms. The Kier molecular flexibility index (Phi) is 7.82. The van der Waals surface area contributed by atoms with E-state index in [1.807, 2.05) is 6.92 Å². The Hall–Kier alpha value is -2.35. The van der Waals surface area contributed by atoms with Crippen molar-refractivity contribution in [2.24, 2.45) is 5.73 Å². The van der Waals surface area contributed by atoms with Crippen LogP contribution in [0.1, 0.15) is 31.5 Å². The molecule has 1 aromatic rings. The average molecular weight is 390 g/mol. The second-order valence-corrected chi connectivity index (χ2v) is 5.80. The number of alkyl halides is 3. The zero-order chi connectivity index (χ0) is 19.9. The van der Waals surface area contributed by atoms with E-state index in [0.29, 0.717) is 23.2 Å². The van der Waals surface area contributed by atoms with Gasteiger partial charge >= 0.3 is 18.0 Å². The van der Waals surface area contributed by atoms with Crippen molar-refractivity contribution in [2.75, 3.05) is 6.54 Å². The standard InChI is InChI=1S/C17H19ClF3N3O2/c1-3-5-11(14(18)4-2)9-24(16(26)15(22)25)10-13-7-6-12(8-23-13)17(19,20)21/h3,5-8H,4,9-10H2,1-2H3,(H2,22,25)/b5-3-,14-11-. The molecule has 26 heavy (non-hydrogen) atoms. The maximum absolute atomic E-state index is 12.6. The van der Waals surface area contributed by atoms with Gasteiger partial charge in [-0.2, -0.15) is 13.2 Å². The van der Waals surface area contributed by atoms with Crippen LogP contribution in [0.3, 0.4) is 0 Å². The van der Waals surface area contributed by atoms with Gasteiger partial charge in [0.1, 0.15) is 0 Å².